The summed E-state index contributed by atoms with van der Waals surface area (Å²) in [6, 6.07) is 7.46. The fourth-order valence-electron chi connectivity index (χ4n) is 2.04. The predicted octanol–water partition coefficient (Wildman–Crippen LogP) is 2.21. The van der Waals surface area contributed by atoms with E-state index in [1.807, 2.05) is 24.3 Å². The molecule has 1 heterocycles. The van der Waals surface area contributed by atoms with Crippen LogP contribution >= 0.6 is 24.0 Å². The van der Waals surface area contributed by atoms with Gasteiger partial charge >= 0.3 is 0 Å². The summed E-state index contributed by atoms with van der Waals surface area (Å²) in [5.74, 6) is -0.677. The standard InChI is InChI=1S/C17H19NO4S2/c1-2-3-10-22-13-6-4-12(5-7-13)11-14-16(21)18(17(23)24-14)9-8-15(19)20/h4-7,11H,2-3,8-10H2,1H3,(H,19,20)/p-1/b14-11-. The van der Waals surface area contributed by atoms with Crippen molar-refractivity contribution < 1.29 is 19.4 Å². The molecule has 0 atom stereocenters. The fourth-order valence-corrected chi connectivity index (χ4v) is 3.35. The average Bonchev–Trinajstić information content (AvgIpc) is 2.81. The molecule has 1 saturated heterocycles. The van der Waals surface area contributed by atoms with E-state index in [1.165, 1.54) is 16.7 Å². The topological polar surface area (TPSA) is 69.7 Å². The summed E-state index contributed by atoms with van der Waals surface area (Å²) in [6.45, 7) is 2.83. The number of carboxylic acids is 1. The molecule has 1 aromatic rings. The smallest absolute Gasteiger partial charge is 0.266 e. The SMILES string of the molecule is CCCCOc1ccc(/C=C2\SC(=S)N(CCC(=O)[O-])C2=O)cc1. The Morgan fingerprint density at radius 3 is 2.71 bits per heavy atom. The molecular weight excluding hydrogens is 346 g/mol. The maximum Gasteiger partial charge on any atom is 0.266 e. The number of nitrogens with zero attached hydrogens (tertiary/aromatic N) is 1. The summed E-state index contributed by atoms with van der Waals surface area (Å²) < 4.78 is 5.97. The maximum absolute atomic E-state index is 12.3. The maximum atomic E-state index is 12.3. The van der Waals surface area contributed by atoms with Gasteiger partial charge in [-0.05, 0) is 30.2 Å². The van der Waals surface area contributed by atoms with Crippen LogP contribution in [0.25, 0.3) is 6.08 Å². The quantitative estimate of drug-likeness (QED) is 0.400. The highest BCUT2D eigenvalue weighted by Gasteiger charge is 2.31. The Labute approximate surface area is 150 Å². The van der Waals surface area contributed by atoms with Gasteiger partial charge in [0.05, 0.1) is 11.5 Å². The Morgan fingerprint density at radius 1 is 1.38 bits per heavy atom. The van der Waals surface area contributed by atoms with E-state index in [0.29, 0.717) is 15.8 Å². The summed E-state index contributed by atoms with van der Waals surface area (Å²) in [6.07, 6.45) is 3.60. The van der Waals surface area contributed by atoms with Gasteiger partial charge in [0, 0.05) is 18.9 Å². The van der Waals surface area contributed by atoms with Crippen molar-refractivity contribution in [3.63, 3.8) is 0 Å². The number of benzene rings is 1. The van der Waals surface area contributed by atoms with Crippen LogP contribution in [0.2, 0.25) is 0 Å². The first-order valence-corrected chi connectivity index (χ1v) is 8.92. The molecule has 1 aliphatic rings. The Hall–Kier alpha value is -1.86. The van der Waals surface area contributed by atoms with Crippen LogP contribution in [0.4, 0.5) is 0 Å². The second kappa shape index (κ2) is 8.84. The van der Waals surface area contributed by atoms with Crippen LogP contribution in [0, 0.1) is 0 Å². The van der Waals surface area contributed by atoms with Gasteiger partial charge in [-0.25, -0.2) is 0 Å². The zero-order chi connectivity index (χ0) is 17.5. The Balaban J connectivity index is 2.01. The van der Waals surface area contributed by atoms with E-state index in [9.17, 15) is 14.7 Å². The lowest BCUT2D eigenvalue weighted by Gasteiger charge is -2.14. The van der Waals surface area contributed by atoms with Gasteiger partial charge in [0.2, 0.25) is 0 Å². The van der Waals surface area contributed by atoms with Gasteiger partial charge in [0.1, 0.15) is 10.1 Å². The Kier molecular flexibility index (Phi) is 6.81. The summed E-state index contributed by atoms with van der Waals surface area (Å²) in [5.41, 5.74) is 0.859. The highest BCUT2D eigenvalue weighted by molar-refractivity contribution is 8.26. The molecule has 0 bridgehead atoms. The molecule has 24 heavy (non-hydrogen) atoms. The minimum Gasteiger partial charge on any atom is -0.550 e. The van der Waals surface area contributed by atoms with Crippen molar-refractivity contribution in [3.05, 3.63) is 34.7 Å². The zero-order valence-electron chi connectivity index (χ0n) is 13.3. The number of carbonyl (C=O) groups is 2. The molecule has 0 aromatic heterocycles. The molecule has 0 spiro atoms. The van der Waals surface area contributed by atoms with E-state index in [-0.39, 0.29) is 18.9 Å². The Morgan fingerprint density at radius 2 is 2.08 bits per heavy atom. The molecule has 1 fully saturated rings. The first-order valence-electron chi connectivity index (χ1n) is 7.69. The second-order valence-corrected chi connectivity index (χ2v) is 6.90. The van der Waals surface area contributed by atoms with E-state index in [0.717, 1.165) is 24.2 Å². The van der Waals surface area contributed by atoms with E-state index in [1.54, 1.807) is 6.08 Å². The minimum absolute atomic E-state index is 0.0363. The van der Waals surface area contributed by atoms with Crippen molar-refractivity contribution in [1.82, 2.24) is 4.90 Å². The van der Waals surface area contributed by atoms with Crippen molar-refractivity contribution in [2.24, 2.45) is 0 Å². The number of thioether (sulfide) groups is 1. The third kappa shape index (κ3) is 5.07. The monoisotopic (exact) mass is 364 g/mol. The number of rotatable bonds is 8. The second-order valence-electron chi connectivity index (χ2n) is 5.23. The van der Waals surface area contributed by atoms with E-state index in [2.05, 4.69) is 6.92 Å². The first kappa shape index (κ1) is 18.5. The molecule has 1 amide bonds. The van der Waals surface area contributed by atoms with Crippen LogP contribution in [-0.4, -0.2) is 34.2 Å². The number of unbranched alkanes of at least 4 members (excludes halogenated alkanes) is 1. The number of hydrogen-bond acceptors (Lipinski definition) is 6. The number of thiocarbonyl (C=S) groups is 1. The average molecular weight is 364 g/mol. The molecule has 1 aliphatic heterocycles. The van der Waals surface area contributed by atoms with Crippen LogP contribution in [0.5, 0.6) is 5.75 Å². The number of amides is 1. The van der Waals surface area contributed by atoms with Gasteiger partial charge < -0.3 is 14.6 Å². The molecular formula is C17H18NO4S2-. The van der Waals surface area contributed by atoms with Crippen molar-refractivity contribution >= 4 is 46.3 Å². The van der Waals surface area contributed by atoms with Crippen molar-refractivity contribution in [3.8, 4) is 5.75 Å². The van der Waals surface area contributed by atoms with Crippen LogP contribution in [0.15, 0.2) is 29.2 Å². The third-order valence-electron chi connectivity index (χ3n) is 3.36. The third-order valence-corrected chi connectivity index (χ3v) is 4.74. The van der Waals surface area contributed by atoms with Gasteiger partial charge in [-0.3, -0.25) is 9.69 Å². The number of hydrogen-bond donors (Lipinski definition) is 0. The molecule has 0 unspecified atom stereocenters. The zero-order valence-corrected chi connectivity index (χ0v) is 15.0. The summed E-state index contributed by atoms with van der Waals surface area (Å²) in [7, 11) is 0. The number of ether oxygens (including phenoxy) is 1. The summed E-state index contributed by atoms with van der Waals surface area (Å²) >= 11 is 6.31. The van der Waals surface area contributed by atoms with E-state index < -0.39 is 5.97 Å². The van der Waals surface area contributed by atoms with E-state index in [4.69, 9.17) is 17.0 Å². The summed E-state index contributed by atoms with van der Waals surface area (Å²) in [4.78, 5) is 24.6. The highest BCUT2D eigenvalue weighted by Crippen LogP contribution is 2.32. The van der Waals surface area contributed by atoms with Crippen LogP contribution in [0.1, 0.15) is 31.7 Å². The van der Waals surface area contributed by atoms with Crippen molar-refractivity contribution in [1.29, 1.82) is 0 Å². The van der Waals surface area contributed by atoms with Gasteiger partial charge in [-0.1, -0.05) is 49.5 Å². The van der Waals surface area contributed by atoms with Crippen LogP contribution in [-0.2, 0) is 9.59 Å². The lowest BCUT2D eigenvalue weighted by molar-refractivity contribution is -0.305. The molecule has 0 N–H and O–H groups in total. The van der Waals surface area contributed by atoms with Gasteiger partial charge in [0.25, 0.3) is 5.91 Å². The molecule has 1 aromatic carbocycles. The fraction of sp³-hybridized carbons (Fsp3) is 0.353. The van der Waals surface area contributed by atoms with Crippen LogP contribution < -0.4 is 9.84 Å². The van der Waals surface area contributed by atoms with Gasteiger partial charge in [-0.2, -0.15) is 0 Å². The number of aliphatic carboxylic acids is 1. The molecule has 0 radical (unpaired) electrons. The van der Waals surface area contributed by atoms with Gasteiger partial charge in [-0.15, -0.1) is 0 Å². The molecule has 128 valence electrons. The number of carbonyl (C=O) groups excluding carboxylic acids is 2. The van der Waals surface area contributed by atoms with E-state index >= 15 is 0 Å². The molecule has 0 aliphatic carbocycles. The highest BCUT2D eigenvalue weighted by atomic mass is 32.2. The van der Waals surface area contributed by atoms with Crippen LogP contribution in [0.3, 0.4) is 0 Å². The molecule has 0 saturated carbocycles. The number of carboxylic acid groups (broad SMARTS) is 1. The Bertz CT molecular complexity index is 655. The largest absolute Gasteiger partial charge is 0.550 e. The van der Waals surface area contributed by atoms with Crippen molar-refractivity contribution in [2.45, 2.75) is 26.2 Å². The first-order chi connectivity index (χ1) is 11.5. The van der Waals surface area contributed by atoms with Gasteiger partial charge in [0.15, 0.2) is 0 Å². The minimum atomic E-state index is -1.20. The lowest BCUT2D eigenvalue weighted by Crippen LogP contribution is -2.33. The normalized spacial score (nSPS) is 16.0. The predicted molar refractivity (Wildman–Crippen MR) is 96.3 cm³/mol. The van der Waals surface area contributed by atoms with Crippen molar-refractivity contribution in [2.75, 3.05) is 13.2 Å². The lowest BCUT2D eigenvalue weighted by atomic mass is 10.2. The molecule has 2 rings (SSSR count). The summed E-state index contributed by atoms with van der Waals surface area (Å²) in [5, 5.41) is 10.5. The molecule has 5 nitrogen and oxygen atoms in total. The molecule has 7 heteroatoms.